The number of benzene rings is 2. The number of rotatable bonds is 2. The van der Waals surface area contributed by atoms with Crippen LogP contribution in [0.1, 0.15) is 11.1 Å². The Hall–Kier alpha value is -2.94. The lowest BCUT2D eigenvalue weighted by atomic mass is 9.87. The second kappa shape index (κ2) is 5.21. The third kappa shape index (κ3) is 2.41. The van der Waals surface area contributed by atoms with Gasteiger partial charge in [-0.05, 0) is 29.3 Å². The van der Waals surface area contributed by atoms with Gasteiger partial charge in [0.1, 0.15) is 0 Å². The molecular formula is C18H13NO2. The SMILES string of the molecule is C=C1C(=O)C(C(=O)Nc2ccccc2)=Cc2ccccc21. The number of fused-ring (bicyclic) bond motifs is 1. The number of para-hydroxylation sites is 1. The Morgan fingerprint density at radius 2 is 1.62 bits per heavy atom. The van der Waals surface area contributed by atoms with Crippen molar-refractivity contribution in [3.63, 3.8) is 0 Å². The van der Waals surface area contributed by atoms with Crippen LogP contribution in [0.2, 0.25) is 0 Å². The molecule has 0 saturated carbocycles. The van der Waals surface area contributed by atoms with Crippen molar-refractivity contribution in [3.05, 3.63) is 77.9 Å². The third-order valence-electron chi connectivity index (χ3n) is 3.38. The van der Waals surface area contributed by atoms with Crippen LogP contribution in [-0.2, 0) is 9.59 Å². The van der Waals surface area contributed by atoms with Crippen LogP contribution in [0.25, 0.3) is 11.6 Å². The van der Waals surface area contributed by atoms with E-state index in [-0.39, 0.29) is 11.4 Å². The van der Waals surface area contributed by atoms with Crippen LogP contribution >= 0.6 is 0 Å². The normalized spacial score (nSPS) is 13.4. The molecule has 3 nitrogen and oxygen atoms in total. The lowest BCUT2D eigenvalue weighted by Gasteiger charge is -2.17. The minimum atomic E-state index is -0.415. The van der Waals surface area contributed by atoms with Gasteiger partial charge >= 0.3 is 0 Å². The van der Waals surface area contributed by atoms with Crippen molar-refractivity contribution in [1.29, 1.82) is 0 Å². The van der Waals surface area contributed by atoms with E-state index in [4.69, 9.17) is 0 Å². The monoisotopic (exact) mass is 275 g/mol. The molecule has 2 aromatic carbocycles. The van der Waals surface area contributed by atoms with Gasteiger partial charge in [-0.3, -0.25) is 9.59 Å². The molecule has 1 N–H and O–H groups in total. The predicted octanol–water partition coefficient (Wildman–Crippen LogP) is 3.30. The summed E-state index contributed by atoms with van der Waals surface area (Å²) in [5.74, 6) is -0.746. The van der Waals surface area contributed by atoms with Gasteiger partial charge in [-0.25, -0.2) is 0 Å². The molecule has 102 valence electrons. The van der Waals surface area contributed by atoms with E-state index in [0.29, 0.717) is 11.3 Å². The number of allylic oxidation sites excluding steroid dienone is 1. The second-order valence-electron chi connectivity index (χ2n) is 4.77. The van der Waals surface area contributed by atoms with Gasteiger partial charge in [0.25, 0.3) is 5.91 Å². The fourth-order valence-corrected chi connectivity index (χ4v) is 2.29. The lowest BCUT2D eigenvalue weighted by Crippen LogP contribution is -2.23. The molecule has 1 aliphatic rings. The van der Waals surface area contributed by atoms with Crippen LogP contribution < -0.4 is 5.32 Å². The molecule has 3 heteroatoms. The molecule has 0 aromatic heterocycles. The highest BCUT2D eigenvalue weighted by atomic mass is 16.2. The van der Waals surface area contributed by atoms with Crippen LogP contribution in [-0.4, -0.2) is 11.7 Å². The fourth-order valence-electron chi connectivity index (χ4n) is 2.29. The first-order valence-electron chi connectivity index (χ1n) is 6.58. The summed E-state index contributed by atoms with van der Waals surface area (Å²) in [6.45, 7) is 3.81. The van der Waals surface area contributed by atoms with Crippen LogP contribution in [0.5, 0.6) is 0 Å². The van der Waals surface area contributed by atoms with Crippen molar-refractivity contribution in [1.82, 2.24) is 0 Å². The topological polar surface area (TPSA) is 46.2 Å². The summed E-state index contributed by atoms with van der Waals surface area (Å²) in [4.78, 5) is 24.6. The van der Waals surface area contributed by atoms with Crippen molar-refractivity contribution >= 4 is 29.0 Å². The zero-order valence-electron chi connectivity index (χ0n) is 11.3. The maximum Gasteiger partial charge on any atom is 0.259 e. The number of carbonyl (C=O) groups excluding carboxylic acids is 2. The largest absolute Gasteiger partial charge is 0.322 e. The zero-order valence-corrected chi connectivity index (χ0v) is 11.3. The first-order valence-corrected chi connectivity index (χ1v) is 6.58. The van der Waals surface area contributed by atoms with Crippen LogP contribution in [0.3, 0.4) is 0 Å². The van der Waals surface area contributed by atoms with E-state index in [1.165, 1.54) is 0 Å². The van der Waals surface area contributed by atoms with E-state index >= 15 is 0 Å². The van der Waals surface area contributed by atoms with Gasteiger partial charge in [-0.2, -0.15) is 0 Å². The number of hydrogen-bond acceptors (Lipinski definition) is 2. The summed E-state index contributed by atoms with van der Waals surface area (Å²) in [5, 5.41) is 2.72. The first-order chi connectivity index (χ1) is 10.2. The number of anilines is 1. The number of amides is 1. The molecule has 2 aromatic rings. The van der Waals surface area contributed by atoms with E-state index in [0.717, 1.165) is 11.1 Å². The average molecular weight is 275 g/mol. The number of carbonyl (C=O) groups is 2. The second-order valence-corrected chi connectivity index (χ2v) is 4.77. The average Bonchev–Trinajstić information content (AvgIpc) is 2.52. The van der Waals surface area contributed by atoms with Crippen LogP contribution in [0.4, 0.5) is 5.69 Å². The summed E-state index contributed by atoms with van der Waals surface area (Å²) in [6.07, 6.45) is 1.62. The Balaban J connectivity index is 1.95. The minimum Gasteiger partial charge on any atom is -0.322 e. The number of nitrogens with one attached hydrogen (secondary N) is 1. The summed E-state index contributed by atoms with van der Waals surface area (Å²) in [7, 11) is 0. The van der Waals surface area contributed by atoms with Crippen LogP contribution in [0.15, 0.2) is 66.7 Å². The number of hydrogen-bond donors (Lipinski definition) is 1. The lowest BCUT2D eigenvalue weighted by molar-refractivity contribution is -0.117. The van der Waals surface area contributed by atoms with Crippen molar-refractivity contribution in [2.45, 2.75) is 0 Å². The Morgan fingerprint density at radius 1 is 0.952 bits per heavy atom. The molecule has 0 aliphatic heterocycles. The number of ketones is 1. The molecule has 1 aliphatic carbocycles. The molecule has 0 fully saturated rings. The zero-order chi connectivity index (χ0) is 14.8. The minimum absolute atomic E-state index is 0.113. The maximum atomic E-state index is 12.3. The van der Waals surface area contributed by atoms with E-state index in [1.54, 1.807) is 18.2 Å². The summed E-state index contributed by atoms with van der Waals surface area (Å²) in [5.41, 5.74) is 2.73. The van der Waals surface area contributed by atoms with Gasteiger partial charge in [-0.1, -0.05) is 49.0 Å². The molecular weight excluding hydrogens is 262 g/mol. The Labute approximate surface area is 122 Å². The highest BCUT2D eigenvalue weighted by Crippen LogP contribution is 2.29. The van der Waals surface area contributed by atoms with E-state index < -0.39 is 5.91 Å². The van der Waals surface area contributed by atoms with E-state index in [2.05, 4.69) is 11.9 Å². The molecule has 3 rings (SSSR count). The van der Waals surface area contributed by atoms with E-state index in [9.17, 15) is 9.59 Å². The molecule has 0 spiro atoms. The quantitative estimate of drug-likeness (QED) is 0.675. The molecule has 21 heavy (non-hydrogen) atoms. The smallest absolute Gasteiger partial charge is 0.259 e. The van der Waals surface area contributed by atoms with Gasteiger partial charge < -0.3 is 5.32 Å². The van der Waals surface area contributed by atoms with Crippen molar-refractivity contribution in [3.8, 4) is 0 Å². The molecule has 0 atom stereocenters. The van der Waals surface area contributed by atoms with E-state index in [1.807, 2.05) is 42.5 Å². The summed E-state index contributed by atoms with van der Waals surface area (Å²) >= 11 is 0. The van der Waals surface area contributed by atoms with Gasteiger partial charge in [-0.15, -0.1) is 0 Å². The fraction of sp³-hybridized carbons (Fsp3) is 0. The first kappa shape index (κ1) is 13.1. The Morgan fingerprint density at radius 3 is 2.38 bits per heavy atom. The molecule has 0 radical (unpaired) electrons. The molecule has 0 heterocycles. The molecule has 0 bridgehead atoms. The highest BCUT2D eigenvalue weighted by molar-refractivity contribution is 6.42. The summed E-state index contributed by atoms with van der Waals surface area (Å²) in [6, 6.07) is 16.5. The molecule has 1 amide bonds. The standard InChI is InChI=1S/C18H13NO2/c1-12-15-10-6-5-7-13(15)11-16(17(12)20)18(21)19-14-8-3-2-4-9-14/h2-11H,1H2,(H,19,21). The highest BCUT2D eigenvalue weighted by Gasteiger charge is 2.26. The van der Waals surface area contributed by atoms with Crippen molar-refractivity contribution in [2.75, 3.05) is 5.32 Å². The molecule has 0 unspecified atom stereocenters. The van der Waals surface area contributed by atoms with Gasteiger partial charge in [0.15, 0.2) is 5.78 Å². The maximum absolute atomic E-state index is 12.3. The van der Waals surface area contributed by atoms with Crippen LogP contribution in [0, 0.1) is 0 Å². The third-order valence-corrected chi connectivity index (χ3v) is 3.38. The predicted molar refractivity (Wildman–Crippen MR) is 83.5 cm³/mol. The van der Waals surface area contributed by atoms with Crippen molar-refractivity contribution in [2.24, 2.45) is 0 Å². The Kier molecular flexibility index (Phi) is 3.24. The van der Waals surface area contributed by atoms with Gasteiger partial charge in [0.2, 0.25) is 0 Å². The molecule has 0 saturated heterocycles. The van der Waals surface area contributed by atoms with Crippen molar-refractivity contribution < 1.29 is 9.59 Å². The summed E-state index contributed by atoms with van der Waals surface area (Å²) < 4.78 is 0. The Bertz CT molecular complexity index is 773. The number of Topliss-reactive ketones (excluding diaryl/α,β-unsaturated/α-hetero) is 1. The van der Waals surface area contributed by atoms with Gasteiger partial charge in [0.05, 0.1) is 5.57 Å². The van der Waals surface area contributed by atoms with Gasteiger partial charge in [0, 0.05) is 11.3 Å².